The molecule has 1 fully saturated rings. The van der Waals surface area contributed by atoms with Gasteiger partial charge in [-0.1, -0.05) is 12.1 Å². The fourth-order valence-corrected chi connectivity index (χ4v) is 4.19. The minimum atomic E-state index is -0.606. The summed E-state index contributed by atoms with van der Waals surface area (Å²) in [6, 6.07) is 9.52. The average Bonchev–Trinajstić information content (AvgIpc) is 2.80. The van der Waals surface area contributed by atoms with Crippen LogP contribution in [0.5, 0.6) is 5.75 Å². The van der Waals surface area contributed by atoms with E-state index in [0.29, 0.717) is 37.4 Å². The number of fused-ring (bicyclic) bond motifs is 1. The summed E-state index contributed by atoms with van der Waals surface area (Å²) in [5, 5.41) is 10.4. The molecule has 7 heteroatoms. The molecule has 1 saturated heterocycles. The maximum Gasteiger partial charge on any atom is 0.260 e. The Labute approximate surface area is 188 Å². The number of hydrogen-bond acceptors (Lipinski definition) is 6. The van der Waals surface area contributed by atoms with E-state index in [1.165, 1.54) is 6.20 Å². The van der Waals surface area contributed by atoms with Crippen LogP contribution in [-0.2, 0) is 11.2 Å². The van der Waals surface area contributed by atoms with Gasteiger partial charge in [0.25, 0.3) is 5.91 Å². The molecule has 0 bridgehead atoms. The van der Waals surface area contributed by atoms with Gasteiger partial charge in [-0.25, -0.2) is 0 Å². The lowest BCUT2D eigenvalue weighted by atomic mass is 9.92. The molecule has 3 N–H and O–H groups in total. The molecule has 32 heavy (non-hydrogen) atoms. The van der Waals surface area contributed by atoms with Crippen LogP contribution in [0.1, 0.15) is 39.0 Å². The molecule has 0 saturated carbocycles. The summed E-state index contributed by atoms with van der Waals surface area (Å²) >= 11 is 0. The van der Waals surface area contributed by atoms with Crippen LogP contribution in [0.25, 0.3) is 0 Å². The molecule has 7 nitrogen and oxygen atoms in total. The summed E-state index contributed by atoms with van der Waals surface area (Å²) in [5.74, 6) is 0.513. The SMILES string of the molecule is Cc1c(Cc2ccc(N=CC=CN)cc2)cc2c(c1C)OCN([C@H]1COCC[C@@H]1O)C2=O. The molecule has 0 aliphatic carbocycles. The molecule has 168 valence electrons. The van der Waals surface area contributed by atoms with Gasteiger partial charge in [0, 0.05) is 12.8 Å². The zero-order valence-corrected chi connectivity index (χ0v) is 18.5. The molecule has 0 unspecified atom stereocenters. The van der Waals surface area contributed by atoms with Crippen molar-refractivity contribution in [2.24, 2.45) is 10.7 Å². The Hall–Kier alpha value is -3.16. The van der Waals surface area contributed by atoms with Crippen LogP contribution in [0.3, 0.4) is 0 Å². The Morgan fingerprint density at radius 3 is 2.75 bits per heavy atom. The summed E-state index contributed by atoms with van der Waals surface area (Å²) in [5.41, 5.74) is 11.0. The number of aliphatic imine (C=N–C) groups is 1. The number of amides is 1. The van der Waals surface area contributed by atoms with Crippen LogP contribution in [0.2, 0.25) is 0 Å². The maximum absolute atomic E-state index is 13.3. The number of benzene rings is 2. The van der Waals surface area contributed by atoms with Gasteiger partial charge < -0.3 is 20.3 Å². The zero-order chi connectivity index (χ0) is 22.7. The van der Waals surface area contributed by atoms with Gasteiger partial charge in [-0.3, -0.25) is 14.7 Å². The Bertz CT molecular complexity index is 1050. The summed E-state index contributed by atoms with van der Waals surface area (Å²) in [6.45, 7) is 4.99. The Morgan fingerprint density at radius 2 is 2.03 bits per heavy atom. The molecule has 0 radical (unpaired) electrons. The summed E-state index contributed by atoms with van der Waals surface area (Å²) in [4.78, 5) is 19.3. The number of hydrogen-bond donors (Lipinski definition) is 2. The molecule has 2 aliphatic rings. The van der Waals surface area contributed by atoms with E-state index >= 15 is 0 Å². The van der Waals surface area contributed by atoms with Crippen molar-refractivity contribution in [1.29, 1.82) is 0 Å². The molecular formula is C25H29N3O4. The Balaban J connectivity index is 1.59. The first kappa shape index (κ1) is 22.0. The molecule has 2 atom stereocenters. The van der Waals surface area contributed by atoms with Gasteiger partial charge in [0.1, 0.15) is 5.75 Å². The number of nitrogens with zero attached hydrogens (tertiary/aromatic N) is 2. The lowest BCUT2D eigenvalue weighted by Gasteiger charge is -2.40. The van der Waals surface area contributed by atoms with Gasteiger partial charge in [0.2, 0.25) is 0 Å². The van der Waals surface area contributed by atoms with Crippen molar-refractivity contribution in [2.75, 3.05) is 19.9 Å². The molecule has 2 aromatic rings. The highest BCUT2D eigenvalue weighted by molar-refractivity contribution is 5.99. The van der Waals surface area contributed by atoms with E-state index < -0.39 is 12.1 Å². The molecule has 2 aliphatic heterocycles. The van der Waals surface area contributed by atoms with Crippen molar-refractivity contribution in [3.05, 3.63) is 70.4 Å². The van der Waals surface area contributed by atoms with Crippen LogP contribution in [-0.4, -0.2) is 54.2 Å². The number of nitrogens with two attached hydrogens (primary N) is 1. The Kier molecular flexibility index (Phi) is 6.58. The summed E-state index contributed by atoms with van der Waals surface area (Å²) < 4.78 is 11.5. The summed E-state index contributed by atoms with van der Waals surface area (Å²) in [6.07, 6.45) is 5.36. The second-order valence-corrected chi connectivity index (χ2v) is 8.22. The monoisotopic (exact) mass is 435 g/mol. The maximum atomic E-state index is 13.3. The molecule has 0 spiro atoms. The third-order valence-electron chi connectivity index (χ3n) is 6.23. The first-order valence-corrected chi connectivity index (χ1v) is 10.8. The van der Waals surface area contributed by atoms with Gasteiger partial charge >= 0.3 is 0 Å². The molecule has 0 aromatic heterocycles. The molecule has 2 aromatic carbocycles. The van der Waals surface area contributed by atoms with Crippen LogP contribution in [0.4, 0.5) is 5.69 Å². The topological polar surface area (TPSA) is 97.4 Å². The van der Waals surface area contributed by atoms with Gasteiger partial charge in [-0.2, -0.15) is 0 Å². The highest BCUT2D eigenvalue weighted by atomic mass is 16.5. The fraction of sp³-hybridized carbons (Fsp3) is 0.360. The smallest absolute Gasteiger partial charge is 0.260 e. The van der Waals surface area contributed by atoms with Crippen LogP contribution in [0.15, 0.2) is 47.6 Å². The predicted molar refractivity (Wildman–Crippen MR) is 124 cm³/mol. The molecule has 4 rings (SSSR count). The minimum absolute atomic E-state index is 0.122. The van der Waals surface area contributed by atoms with E-state index in [2.05, 4.69) is 11.9 Å². The number of ether oxygens (including phenoxy) is 2. The predicted octanol–water partition coefficient (Wildman–Crippen LogP) is 3.01. The van der Waals surface area contributed by atoms with E-state index in [-0.39, 0.29) is 12.6 Å². The highest BCUT2D eigenvalue weighted by Crippen LogP contribution is 2.35. The molecule has 1 amide bonds. The number of aliphatic hydroxyl groups excluding tert-OH is 1. The van der Waals surface area contributed by atoms with E-state index in [4.69, 9.17) is 15.2 Å². The number of rotatable bonds is 5. The van der Waals surface area contributed by atoms with E-state index in [1.54, 1.807) is 17.2 Å². The molecular weight excluding hydrogens is 406 g/mol. The van der Waals surface area contributed by atoms with Gasteiger partial charge in [-0.05, 0) is 79.4 Å². The van der Waals surface area contributed by atoms with Crippen molar-refractivity contribution in [1.82, 2.24) is 4.90 Å². The lowest BCUT2D eigenvalue weighted by Crippen LogP contribution is -2.55. The first-order valence-electron chi connectivity index (χ1n) is 10.8. The van der Waals surface area contributed by atoms with Crippen molar-refractivity contribution in [2.45, 2.75) is 38.8 Å². The van der Waals surface area contributed by atoms with E-state index in [0.717, 1.165) is 27.9 Å². The second-order valence-electron chi connectivity index (χ2n) is 8.22. The van der Waals surface area contributed by atoms with Crippen molar-refractivity contribution in [3.8, 4) is 5.75 Å². The van der Waals surface area contributed by atoms with Crippen molar-refractivity contribution < 1.29 is 19.4 Å². The third-order valence-corrected chi connectivity index (χ3v) is 6.23. The fourth-order valence-electron chi connectivity index (χ4n) is 4.19. The quantitative estimate of drug-likeness (QED) is 0.704. The van der Waals surface area contributed by atoms with Gasteiger partial charge in [0.05, 0.1) is 30.0 Å². The second kappa shape index (κ2) is 9.54. The van der Waals surface area contributed by atoms with E-state index in [1.807, 2.05) is 37.3 Å². The minimum Gasteiger partial charge on any atom is -0.472 e. The zero-order valence-electron chi connectivity index (χ0n) is 18.5. The number of carbonyl (C=O) groups is 1. The van der Waals surface area contributed by atoms with Crippen LogP contribution < -0.4 is 10.5 Å². The lowest BCUT2D eigenvalue weighted by molar-refractivity contribution is -0.0697. The largest absolute Gasteiger partial charge is 0.472 e. The van der Waals surface area contributed by atoms with Crippen LogP contribution >= 0.6 is 0 Å². The van der Waals surface area contributed by atoms with Crippen molar-refractivity contribution in [3.63, 3.8) is 0 Å². The van der Waals surface area contributed by atoms with Crippen molar-refractivity contribution >= 4 is 17.8 Å². The Morgan fingerprint density at radius 1 is 1.25 bits per heavy atom. The van der Waals surface area contributed by atoms with E-state index in [9.17, 15) is 9.90 Å². The van der Waals surface area contributed by atoms with Crippen LogP contribution in [0, 0.1) is 13.8 Å². The third kappa shape index (κ3) is 4.40. The van der Waals surface area contributed by atoms with Gasteiger partial charge in [-0.15, -0.1) is 0 Å². The standard InChI is InChI=1S/C25H29N3O4/c1-16-17(2)24-21(25(30)28(15-32-24)22-14-31-11-8-23(22)29)13-19(16)12-18-4-6-20(7-5-18)27-10-3-9-26/h3-7,9-10,13,22-23,29H,8,11-12,14-15,26H2,1-2H3/t22-,23-/m0/s1. The number of aliphatic hydroxyl groups is 1. The number of allylic oxidation sites excluding steroid dienone is 1. The molecule has 2 heterocycles. The first-order chi connectivity index (χ1) is 15.5. The average molecular weight is 436 g/mol. The highest BCUT2D eigenvalue weighted by Gasteiger charge is 2.37. The summed E-state index contributed by atoms with van der Waals surface area (Å²) in [7, 11) is 0. The van der Waals surface area contributed by atoms with Gasteiger partial charge in [0.15, 0.2) is 6.73 Å². The number of carbonyl (C=O) groups excluding carboxylic acids is 1. The normalized spacial score (nSPS) is 21.2.